The Morgan fingerprint density at radius 2 is 2.00 bits per heavy atom. The summed E-state index contributed by atoms with van der Waals surface area (Å²) in [6, 6.07) is 5.94. The van der Waals surface area contributed by atoms with Gasteiger partial charge in [0.05, 0.1) is 11.5 Å². The third-order valence-corrected chi connectivity index (χ3v) is 4.20. The summed E-state index contributed by atoms with van der Waals surface area (Å²) < 4.78 is 31.9. The van der Waals surface area contributed by atoms with Crippen LogP contribution in [0.25, 0.3) is 0 Å². The molecule has 0 bridgehead atoms. The largest absolute Gasteiger partial charge is 0.384 e. The molecule has 1 rings (SSSR count). The molecule has 0 aliphatic carbocycles. The van der Waals surface area contributed by atoms with Gasteiger partial charge in [0.2, 0.25) is 10.0 Å². The van der Waals surface area contributed by atoms with Gasteiger partial charge < -0.3 is 9.84 Å². The van der Waals surface area contributed by atoms with Crippen LogP contribution in [0, 0.1) is 11.8 Å². The van der Waals surface area contributed by atoms with E-state index in [4.69, 9.17) is 9.84 Å². The highest BCUT2D eigenvalue weighted by Gasteiger charge is 2.18. The van der Waals surface area contributed by atoms with Crippen LogP contribution in [-0.4, -0.2) is 39.9 Å². The van der Waals surface area contributed by atoms with Crippen molar-refractivity contribution in [3.8, 4) is 11.8 Å². The van der Waals surface area contributed by atoms with Crippen LogP contribution in [0.15, 0.2) is 29.2 Å². The minimum absolute atomic E-state index is 0.182. The molecule has 5 nitrogen and oxygen atoms in total. The molecule has 20 heavy (non-hydrogen) atoms. The molecule has 1 aromatic carbocycles. The van der Waals surface area contributed by atoms with Crippen LogP contribution >= 0.6 is 0 Å². The lowest BCUT2D eigenvalue weighted by Gasteiger charge is -2.16. The first-order valence-electron chi connectivity index (χ1n) is 6.24. The molecule has 0 saturated heterocycles. The molecule has 0 aromatic heterocycles. The fraction of sp³-hybridized carbons (Fsp3) is 0.429. The second-order valence-corrected chi connectivity index (χ2v) is 5.88. The van der Waals surface area contributed by atoms with Crippen LogP contribution in [0.3, 0.4) is 0 Å². The normalized spacial score (nSPS) is 12.6. The van der Waals surface area contributed by atoms with Crippen LogP contribution in [-0.2, 0) is 14.8 Å². The quantitative estimate of drug-likeness (QED) is 0.759. The van der Waals surface area contributed by atoms with Crippen molar-refractivity contribution < 1.29 is 18.3 Å². The summed E-state index contributed by atoms with van der Waals surface area (Å²) in [7, 11) is -2.03. The Labute approximate surface area is 120 Å². The highest BCUT2D eigenvalue weighted by atomic mass is 32.2. The van der Waals surface area contributed by atoms with E-state index in [1.165, 1.54) is 19.2 Å². The van der Waals surface area contributed by atoms with Crippen LogP contribution in [0.1, 0.15) is 18.9 Å². The molecule has 110 valence electrons. The van der Waals surface area contributed by atoms with E-state index in [9.17, 15) is 8.42 Å². The minimum atomic E-state index is -3.56. The van der Waals surface area contributed by atoms with Gasteiger partial charge in [0, 0.05) is 18.7 Å². The molecule has 2 N–H and O–H groups in total. The SMILES string of the molecule is CCC(COC)NS(=O)(=O)c1ccc(C#CCO)cc1. The number of sulfonamides is 1. The molecule has 0 heterocycles. The van der Waals surface area contributed by atoms with Crippen molar-refractivity contribution in [1.29, 1.82) is 0 Å². The van der Waals surface area contributed by atoms with E-state index < -0.39 is 10.0 Å². The van der Waals surface area contributed by atoms with Gasteiger partial charge in [-0.05, 0) is 30.7 Å². The molecule has 0 amide bonds. The van der Waals surface area contributed by atoms with E-state index in [-0.39, 0.29) is 17.5 Å². The lowest BCUT2D eigenvalue weighted by atomic mass is 10.2. The Morgan fingerprint density at radius 1 is 1.35 bits per heavy atom. The smallest absolute Gasteiger partial charge is 0.240 e. The summed E-state index contributed by atoms with van der Waals surface area (Å²) in [5, 5.41) is 8.60. The number of methoxy groups -OCH3 is 1. The summed E-state index contributed by atoms with van der Waals surface area (Å²) in [5.74, 6) is 5.21. The Kier molecular flexibility index (Phi) is 6.68. The second kappa shape index (κ2) is 8.02. The number of hydrogen-bond donors (Lipinski definition) is 2. The van der Waals surface area contributed by atoms with E-state index in [1.807, 2.05) is 6.92 Å². The zero-order valence-corrected chi connectivity index (χ0v) is 12.4. The van der Waals surface area contributed by atoms with Crippen molar-refractivity contribution in [2.45, 2.75) is 24.3 Å². The molecule has 0 aliphatic rings. The number of benzene rings is 1. The molecule has 6 heteroatoms. The van der Waals surface area contributed by atoms with Crippen molar-refractivity contribution in [2.75, 3.05) is 20.3 Å². The van der Waals surface area contributed by atoms with Crippen molar-refractivity contribution >= 4 is 10.0 Å². The lowest BCUT2D eigenvalue weighted by molar-refractivity contribution is 0.173. The molecule has 1 unspecified atom stereocenters. The second-order valence-electron chi connectivity index (χ2n) is 4.17. The summed E-state index contributed by atoms with van der Waals surface area (Å²) in [6.45, 7) is 1.99. The highest BCUT2D eigenvalue weighted by Crippen LogP contribution is 2.11. The fourth-order valence-electron chi connectivity index (χ4n) is 1.58. The van der Waals surface area contributed by atoms with Crippen molar-refractivity contribution in [3.05, 3.63) is 29.8 Å². The average molecular weight is 297 g/mol. The van der Waals surface area contributed by atoms with Gasteiger partial charge in [-0.25, -0.2) is 13.1 Å². The first-order chi connectivity index (χ1) is 9.53. The molecule has 1 aromatic rings. The zero-order valence-electron chi connectivity index (χ0n) is 11.6. The number of aliphatic hydroxyl groups excluding tert-OH is 1. The molecule has 1 atom stereocenters. The predicted molar refractivity (Wildman–Crippen MR) is 76.7 cm³/mol. The van der Waals surface area contributed by atoms with Gasteiger partial charge in [-0.3, -0.25) is 0 Å². The Hall–Kier alpha value is -1.39. The van der Waals surface area contributed by atoms with Crippen molar-refractivity contribution in [3.63, 3.8) is 0 Å². The topological polar surface area (TPSA) is 75.6 Å². The van der Waals surface area contributed by atoms with Gasteiger partial charge in [-0.1, -0.05) is 18.8 Å². The maximum Gasteiger partial charge on any atom is 0.240 e. The number of aliphatic hydroxyl groups is 1. The Balaban J connectivity index is 2.87. The average Bonchev–Trinajstić information content (AvgIpc) is 2.45. The molecular weight excluding hydrogens is 278 g/mol. The summed E-state index contributed by atoms with van der Waals surface area (Å²) in [5.41, 5.74) is 0.655. The van der Waals surface area contributed by atoms with Crippen LogP contribution in [0.2, 0.25) is 0 Å². The van der Waals surface area contributed by atoms with E-state index in [2.05, 4.69) is 16.6 Å². The molecular formula is C14H19NO4S. The maximum atomic E-state index is 12.2. The molecule has 0 fully saturated rings. The molecule has 0 radical (unpaired) electrons. The van der Waals surface area contributed by atoms with Gasteiger partial charge in [-0.15, -0.1) is 0 Å². The van der Waals surface area contributed by atoms with E-state index in [0.717, 1.165) is 0 Å². The monoisotopic (exact) mass is 297 g/mol. The number of rotatable bonds is 6. The summed E-state index contributed by atoms with van der Waals surface area (Å²) >= 11 is 0. The fourth-order valence-corrected chi connectivity index (χ4v) is 2.89. The molecule has 0 aliphatic heterocycles. The zero-order chi connectivity index (χ0) is 15.0. The number of ether oxygens (including phenoxy) is 1. The highest BCUT2D eigenvalue weighted by molar-refractivity contribution is 7.89. The van der Waals surface area contributed by atoms with Gasteiger partial charge in [0.1, 0.15) is 6.61 Å². The minimum Gasteiger partial charge on any atom is -0.384 e. The summed E-state index contributed by atoms with van der Waals surface area (Å²) in [6.07, 6.45) is 0.646. The third kappa shape index (κ3) is 4.94. The first-order valence-corrected chi connectivity index (χ1v) is 7.73. The summed E-state index contributed by atoms with van der Waals surface area (Å²) in [4.78, 5) is 0.182. The van der Waals surface area contributed by atoms with Gasteiger partial charge >= 0.3 is 0 Å². The lowest BCUT2D eigenvalue weighted by Crippen LogP contribution is -2.37. The standard InChI is InChI=1S/C14H19NO4S/c1-3-13(11-19-2)15-20(17,18)14-8-6-12(7-9-14)5-4-10-16/h6-9,13,15-16H,3,10-11H2,1-2H3. The van der Waals surface area contributed by atoms with Gasteiger partial charge in [0.15, 0.2) is 0 Å². The Morgan fingerprint density at radius 3 is 2.50 bits per heavy atom. The maximum absolute atomic E-state index is 12.2. The predicted octanol–water partition coefficient (Wildman–Crippen LogP) is 0.734. The van der Waals surface area contributed by atoms with Crippen molar-refractivity contribution in [1.82, 2.24) is 4.72 Å². The number of hydrogen-bond acceptors (Lipinski definition) is 4. The van der Waals surface area contributed by atoms with Crippen LogP contribution < -0.4 is 4.72 Å². The number of nitrogens with one attached hydrogen (secondary N) is 1. The van der Waals surface area contributed by atoms with Gasteiger partial charge in [-0.2, -0.15) is 0 Å². The first kappa shape index (κ1) is 16.7. The van der Waals surface area contributed by atoms with E-state index >= 15 is 0 Å². The molecule has 0 saturated carbocycles. The van der Waals surface area contributed by atoms with E-state index in [0.29, 0.717) is 18.6 Å². The Bertz CT molecular complexity index is 569. The molecule has 0 spiro atoms. The van der Waals surface area contributed by atoms with E-state index in [1.54, 1.807) is 12.1 Å². The third-order valence-electron chi connectivity index (χ3n) is 2.66. The van der Waals surface area contributed by atoms with Crippen LogP contribution in [0.4, 0.5) is 0 Å². The van der Waals surface area contributed by atoms with Gasteiger partial charge in [0.25, 0.3) is 0 Å². The van der Waals surface area contributed by atoms with Crippen molar-refractivity contribution in [2.24, 2.45) is 0 Å². The van der Waals surface area contributed by atoms with Crippen LogP contribution in [0.5, 0.6) is 0 Å².